The second kappa shape index (κ2) is 21.9. The Morgan fingerprint density at radius 1 is 0.531 bits per heavy atom. The molecule has 4 amide bonds. The number of carbonyl (C=O) groups is 9. The van der Waals surface area contributed by atoms with Crippen molar-refractivity contribution < 1.29 is 71.6 Å². The molecule has 0 aliphatic heterocycles. The standard InChI is InChI=1S/C30H40N4O15/c1-6-48-29(42)21(15-25(38)47-5)33-27(40)19(13-23(36)45-3)31-26(39)18(12-22(35)44-2)32-28(41)20(14-24(37)46-4)34-30(43)49-16-17-10-8-7-9-11-17/h7-11,18-21H,6,12-16H2,1-5H3,(H,31,39)(H,32,41)(H,33,40)(H,34,43)/t18-,19-,20-,21+/m1/s1. The minimum atomic E-state index is -1.81. The number of esters is 5. The molecule has 0 bridgehead atoms. The van der Waals surface area contributed by atoms with Crippen LogP contribution in [0.2, 0.25) is 0 Å². The van der Waals surface area contributed by atoms with Gasteiger partial charge in [-0.05, 0) is 12.5 Å². The molecule has 4 N–H and O–H groups in total. The molecule has 4 atom stereocenters. The Hall–Kier alpha value is -5.75. The van der Waals surface area contributed by atoms with Crippen molar-refractivity contribution in [3.05, 3.63) is 35.9 Å². The molecule has 0 unspecified atom stereocenters. The Kier molecular flexibility index (Phi) is 18.5. The Labute approximate surface area is 281 Å². The van der Waals surface area contributed by atoms with Gasteiger partial charge in [0.25, 0.3) is 0 Å². The number of methoxy groups -OCH3 is 4. The topological polar surface area (TPSA) is 257 Å². The molecule has 19 nitrogen and oxygen atoms in total. The first-order valence-corrected chi connectivity index (χ1v) is 14.6. The van der Waals surface area contributed by atoms with Crippen LogP contribution >= 0.6 is 0 Å². The zero-order chi connectivity index (χ0) is 36.9. The number of hydrogen-bond acceptors (Lipinski definition) is 15. The SMILES string of the molecule is CCOC(=O)[C@H](CC(=O)OC)NC(=O)[C@@H](CC(=O)OC)NC(=O)[C@@H](CC(=O)OC)NC(=O)[C@@H](CC(=O)OC)NC(=O)OCc1ccccc1. The summed E-state index contributed by atoms with van der Waals surface area (Å²) in [6, 6.07) is 1.63. The first-order valence-electron chi connectivity index (χ1n) is 14.6. The molecule has 0 saturated heterocycles. The third kappa shape index (κ3) is 15.6. The maximum Gasteiger partial charge on any atom is 0.408 e. The average molecular weight is 697 g/mol. The quantitative estimate of drug-likeness (QED) is 0.0953. The van der Waals surface area contributed by atoms with Crippen LogP contribution in [0, 0.1) is 0 Å². The lowest BCUT2D eigenvalue weighted by Crippen LogP contribution is -2.59. The van der Waals surface area contributed by atoms with E-state index in [1.54, 1.807) is 30.3 Å². The van der Waals surface area contributed by atoms with Crippen molar-refractivity contribution >= 4 is 53.7 Å². The lowest BCUT2D eigenvalue weighted by atomic mass is 10.1. The second-order valence-corrected chi connectivity index (χ2v) is 9.82. The number of hydrogen-bond donors (Lipinski definition) is 4. The van der Waals surface area contributed by atoms with E-state index in [9.17, 15) is 43.2 Å². The molecule has 0 radical (unpaired) electrons. The summed E-state index contributed by atoms with van der Waals surface area (Å²) < 4.78 is 28.2. The predicted octanol–water partition coefficient (Wildman–Crippen LogP) is -1.45. The normalized spacial score (nSPS) is 12.7. The molecular formula is C30H40N4O15. The van der Waals surface area contributed by atoms with Gasteiger partial charge < -0.3 is 49.7 Å². The van der Waals surface area contributed by atoms with Gasteiger partial charge in [-0.2, -0.15) is 0 Å². The van der Waals surface area contributed by atoms with Crippen LogP contribution in [0.15, 0.2) is 30.3 Å². The van der Waals surface area contributed by atoms with Crippen molar-refractivity contribution in [2.45, 2.75) is 63.4 Å². The number of amides is 4. The lowest BCUT2D eigenvalue weighted by Gasteiger charge is -2.25. The Morgan fingerprint density at radius 2 is 0.898 bits per heavy atom. The predicted molar refractivity (Wildman–Crippen MR) is 163 cm³/mol. The molecule has 0 saturated carbocycles. The van der Waals surface area contributed by atoms with Gasteiger partial charge in [0.05, 0.1) is 60.7 Å². The van der Waals surface area contributed by atoms with Gasteiger partial charge in [-0.15, -0.1) is 0 Å². The van der Waals surface area contributed by atoms with Crippen LogP contribution in [-0.2, 0) is 73.4 Å². The molecule has 0 aliphatic rings. The molecule has 1 rings (SSSR count). The smallest absolute Gasteiger partial charge is 0.408 e. The Morgan fingerprint density at radius 3 is 1.29 bits per heavy atom. The first-order chi connectivity index (χ1) is 23.3. The highest BCUT2D eigenvalue weighted by molar-refractivity contribution is 5.98. The minimum Gasteiger partial charge on any atom is -0.469 e. The largest absolute Gasteiger partial charge is 0.469 e. The molecule has 0 spiro atoms. The summed E-state index contributed by atoms with van der Waals surface area (Å²) in [5, 5.41) is 8.77. The number of alkyl carbamates (subject to hydrolysis) is 1. The van der Waals surface area contributed by atoms with E-state index in [4.69, 9.17) is 9.47 Å². The third-order valence-electron chi connectivity index (χ3n) is 6.37. The number of benzene rings is 1. The molecule has 0 heterocycles. The van der Waals surface area contributed by atoms with E-state index < -0.39 is 104 Å². The van der Waals surface area contributed by atoms with Crippen molar-refractivity contribution in [3.8, 4) is 0 Å². The van der Waals surface area contributed by atoms with E-state index in [-0.39, 0.29) is 13.2 Å². The van der Waals surface area contributed by atoms with Crippen molar-refractivity contribution in [2.24, 2.45) is 0 Å². The van der Waals surface area contributed by atoms with E-state index in [0.29, 0.717) is 5.56 Å². The van der Waals surface area contributed by atoms with E-state index >= 15 is 0 Å². The highest BCUT2D eigenvalue weighted by Crippen LogP contribution is 2.07. The summed E-state index contributed by atoms with van der Waals surface area (Å²) in [4.78, 5) is 113. The van der Waals surface area contributed by atoms with E-state index in [1.165, 1.54) is 6.92 Å². The van der Waals surface area contributed by atoms with Gasteiger partial charge >= 0.3 is 35.9 Å². The van der Waals surface area contributed by atoms with Gasteiger partial charge in [-0.1, -0.05) is 30.3 Å². The Balaban J connectivity index is 3.25. The van der Waals surface area contributed by atoms with Gasteiger partial charge in [0.1, 0.15) is 30.8 Å². The van der Waals surface area contributed by atoms with Crippen LogP contribution in [0.3, 0.4) is 0 Å². The van der Waals surface area contributed by atoms with Crippen LogP contribution in [0.5, 0.6) is 0 Å². The van der Waals surface area contributed by atoms with Crippen molar-refractivity contribution in [1.82, 2.24) is 21.3 Å². The highest BCUT2D eigenvalue weighted by atomic mass is 16.6. The molecule has 1 aromatic rings. The molecule has 1 aromatic carbocycles. The molecule has 19 heteroatoms. The summed E-state index contributed by atoms with van der Waals surface area (Å²) in [6.07, 6.45) is -4.13. The fraction of sp³-hybridized carbons (Fsp3) is 0.500. The van der Waals surface area contributed by atoms with Crippen LogP contribution in [0.1, 0.15) is 38.2 Å². The van der Waals surface area contributed by atoms with Gasteiger partial charge in [-0.25, -0.2) is 9.59 Å². The molecular weight excluding hydrogens is 656 g/mol. The second-order valence-electron chi connectivity index (χ2n) is 9.82. The van der Waals surface area contributed by atoms with Gasteiger partial charge in [0.15, 0.2) is 0 Å². The van der Waals surface area contributed by atoms with Crippen molar-refractivity contribution in [1.29, 1.82) is 0 Å². The van der Waals surface area contributed by atoms with Crippen LogP contribution in [0.25, 0.3) is 0 Å². The lowest BCUT2D eigenvalue weighted by molar-refractivity contribution is -0.153. The molecule has 49 heavy (non-hydrogen) atoms. The average Bonchev–Trinajstić information content (AvgIpc) is 3.09. The van der Waals surface area contributed by atoms with Crippen LogP contribution in [-0.4, -0.2) is 113 Å². The van der Waals surface area contributed by atoms with Gasteiger partial charge in [0, 0.05) is 0 Å². The number of rotatable bonds is 19. The summed E-state index contributed by atoms with van der Waals surface area (Å²) >= 11 is 0. The van der Waals surface area contributed by atoms with Crippen LogP contribution in [0.4, 0.5) is 4.79 Å². The molecule has 270 valence electrons. The molecule has 0 aliphatic carbocycles. The van der Waals surface area contributed by atoms with E-state index in [1.807, 2.05) is 0 Å². The zero-order valence-electron chi connectivity index (χ0n) is 27.6. The minimum absolute atomic E-state index is 0.111. The number of carbonyl (C=O) groups excluding carboxylic acids is 9. The maximum absolute atomic E-state index is 13.4. The van der Waals surface area contributed by atoms with Gasteiger partial charge in [0.2, 0.25) is 17.7 Å². The van der Waals surface area contributed by atoms with Crippen molar-refractivity contribution in [2.75, 3.05) is 35.0 Å². The van der Waals surface area contributed by atoms with E-state index in [2.05, 4.69) is 40.2 Å². The third-order valence-corrected chi connectivity index (χ3v) is 6.37. The van der Waals surface area contributed by atoms with E-state index in [0.717, 1.165) is 28.4 Å². The number of ether oxygens (including phenoxy) is 6. The first kappa shape index (κ1) is 41.3. The molecule has 0 fully saturated rings. The Bertz CT molecular complexity index is 1340. The monoisotopic (exact) mass is 696 g/mol. The van der Waals surface area contributed by atoms with Crippen LogP contribution < -0.4 is 21.3 Å². The highest BCUT2D eigenvalue weighted by Gasteiger charge is 2.35. The molecule has 0 aromatic heterocycles. The maximum atomic E-state index is 13.4. The summed E-state index contributed by atoms with van der Waals surface area (Å²) in [5.74, 6) is -8.38. The number of nitrogens with one attached hydrogen (secondary N) is 4. The van der Waals surface area contributed by atoms with Gasteiger partial charge in [-0.3, -0.25) is 33.6 Å². The zero-order valence-corrected chi connectivity index (χ0v) is 27.6. The fourth-order valence-corrected chi connectivity index (χ4v) is 3.79. The summed E-state index contributed by atoms with van der Waals surface area (Å²) in [7, 11) is 4.06. The fourth-order valence-electron chi connectivity index (χ4n) is 3.79. The van der Waals surface area contributed by atoms with Crippen molar-refractivity contribution in [3.63, 3.8) is 0 Å². The summed E-state index contributed by atoms with van der Waals surface area (Å²) in [5.41, 5.74) is 0.617. The summed E-state index contributed by atoms with van der Waals surface area (Å²) in [6.45, 7) is 1.18.